The van der Waals surface area contributed by atoms with Gasteiger partial charge in [-0.2, -0.15) is 17.5 Å². The summed E-state index contributed by atoms with van der Waals surface area (Å²) in [6.45, 7) is 2.03. The van der Waals surface area contributed by atoms with E-state index in [9.17, 15) is 21.6 Å². The van der Waals surface area contributed by atoms with E-state index in [-0.39, 0.29) is 12.5 Å². The van der Waals surface area contributed by atoms with Crippen LogP contribution < -0.4 is 0 Å². The molecule has 7 heteroatoms. The first-order valence-corrected chi connectivity index (χ1v) is 6.43. The molecule has 0 aromatic rings. The lowest BCUT2D eigenvalue weighted by Crippen LogP contribution is -2.40. The number of halogens is 3. The van der Waals surface area contributed by atoms with E-state index < -0.39 is 22.7 Å². The van der Waals surface area contributed by atoms with E-state index in [0.717, 1.165) is 6.26 Å². The van der Waals surface area contributed by atoms with Gasteiger partial charge in [-0.3, -0.25) is 0 Å². The summed E-state index contributed by atoms with van der Waals surface area (Å²) in [7, 11) is -3.79. The van der Waals surface area contributed by atoms with Crippen LogP contribution in [0, 0.1) is 5.92 Å². The van der Waals surface area contributed by atoms with Crippen molar-refractivity contribution in [2.45, 2.75) is 26.4 Å². The lowest BCUT2D eigenvalue weighted by Gasteiger charge is -2.23. The summed E-state index contributed by atoms with van der Waals surface area (Å²) < 4.78 is 58.9. The van der Waals surface area contributed by atoms with Crippen LogP contribution in [0.4, 0.5) is 13.2 Å². The van der Waals surface area contributed by atoms with E-state index in [2.05, 4.69) is 0 Å². The molecule has 15 heavy (non-hydrogen) atoms. The zero-order chi connectivity index (χ0) is 12.3. The molecule has 0 radical (unpaired) electrons. The Morgan fingerprint density at radius 1 is 1.33 bits per heavy atom. The van der Waals surface area contributed by atoms with Crippen LogP contribution in [0.1, 0.15) is 20.3 Å². The van der Waals surface area contributed by atoms with Gasteiger partial charge in [-0.15, -0.1) is 0 Å². The molecule has 0 aromatic carbocycles. The van der Waals surface area contributed by atoms with Gasteiger partial charge in [-0.25, -0.2) is 8.42 Å². The minimum absolute atomic E-state index is 0.0814. The van der Waals surface area contributed by atoms with E-state index >= 15 is 0 Å². The SMILES string of the molecule is CC[C@H](C)CN(CC(F)(F)F)S(C)(=O)=O. The highest BCUT2D eigenvalue weighted by atomic mass is 32.2. The lowest BCUT2D eigenvalue weighted by atomic mass is 10.1. The Bertz CT molecular complexity index is 287. The lowest BCUT2D eigenvalue weighted by molar-refractivity contribution is -0.136. The van der Waals surface area contributed by atoms with Crippen molar-refractivity contribution in [2.24, 2.45) is 5.92 Å². The van der Waals surface area contributed by atoms with Crippen LogP contribution in [0.25, 0.3) is 0 Å². The summed E-state index contributed by atoms with van der Waals surface area (Å²) in [5.74, 6) is -0.0814. The minimum atomic E-state index is -4.49. The van der Waals surface area contributed by atoms with E-state index in [4.69, 9.17) is 0 Å². The number of rotatable bonds is 5. The van der Waals surface area contributed by atoms with E-state index in [1.54, 1.807) is 13.8 Å². The number of hydrogen-bond acceptors (Lipinski definition) is 2. The Morgan fingerprint density at radius 3 is 2.07 bits per heavy atom. The van der Waals surface area contributed by atoms with Gasteiger partial charge in [0.25, 0.3) is 0 Å². The van der Waals surface area contributed by atoms with Crippen molar-refractivity contribution in [3.63, 3.8) is 0 Å². The molecule has 0 bridgehead atoms. The van der Waals surface area contributed by atoms with Crippen molar-refractivity contribution in [1.29, 1.82) is 0 Å². The first kappa shape index (κ1) is 14.7. The molecule has 0 aliphatic rings. The molecule has 0 aliphatic carbocycles. The Hall–Kier alpha value is -0.300. The largest absolute Gasteiger partial charge is 0.402 e. The van der Waals surface area contributed by atoms with E-state index in [1.165, 1.54) is 0 Å². The fourth-order valence-electron chi connectivity index (χ4n) is 0.994. The Morgan fingerprint density at radius 2 is 1.80 bits per heavy atom. The van der Waals surface area contributed by atoms with Crippen LogP contribution in [0.3, 0.4) is 0 Å². The molecule has 0 saturated heterocycles. The van der Waals surface area contributed by atoms with Crippen molar-refractivity contribution in [2.75, 3.05) is 19.3 Å². The molecule has 0 spiro atoms. The second-order valence-corrected chi connectivity index (χ2v) is 5.67. The number of alkyl halides is 3. The van der Waals surface area contributed by atoms with E-state index in [1.807, 2.05) is 0 Å². The summed E-state index contributed by atoms with van der Waals surface area (Å²) in [6, 6.07) is 0. The molecule has 0 saturated carbocycles. The van der Waals surface area contributed by atoms with Crippen molar-refractivity contribution in [3.05, 3.63) is 0 Å². The summed E-state index contributed by atoms with van der Waals surface area (Å²) >= 11 is 0. The van der Waals surface area contributed by atoms with Crippen molar-refractivity contribution < 1.29 is 21.6 Å². The van der Waals surface area contributed by atoms with Crippen LogP contribution in [0.15, 0.2) is 0 Å². The fraction of sp³-hybridized carbons (Fsp3) is 1.00. The standard InChI is InChI=1S/C8H16F3NO2S/c1-4-7(2)5-12(15(3,13)14)6-8(9,10)11/h7H,4-6H2,1-3H3/t7-/m0/s1. The second-order valence-electron chi connectivity index (χ2n) is 3.68. The highest BCUT2D eigenvalue weighted by Crippen LogP contribution is 2.19. The molecular formula is C8H16F3NO2S. The molecule has 0 unspecified atom stereocenters. The highest BCUT2D eigenvalue weighted by Gasteiger charge is 2.34. The average Bonchev–Trinajstić information content (AvgIpc) is 1.98. The zero-order valence-electron chi connectivity index (χ0n) is 9.00. The molecule has 92 valence electrons. The first-order valence-electron chi connectivity index (χ1n) is 4.58. The van der Waals surface area contributed by atoms with Gasteiger partial charge in [0, 0.05) is 6.54 Å². The number of nitrogens with zero attached hydrogens (tertiary/aromatic N) is 1. The van der Waals surface area contributed by atoms with Crippen LogP contribution in [-0.4, -0.2) is 38.2 Å². The Kier molecular flexibility index (Phi) is 5.05. The predicted octanol–water partition coefficient (Wildman–Crippen LogP) is 1.86. The number of sulfonamides is 1. The topological polar surface area (TPSA) is 37.4 Å². The van der Waals surface area contributed by atoms with Crippen molar-refractivity contribution in [3.8, 4) is 0 Å². The molecule has 0 heterocycles. The van der Waals surface area contributed by atoms with Crippen molar-refractivity contribution >= 4 is 10.0 Å². The molecule has 0 rings (SSSR count). The second kappa shape index (κ2) is 5.16. The monoisotopic (exact) mass is 247 g/mol. The Balaban J connectivity index is 4.62. The van der Waals surface area contributed by atoms with Gasteiger partial charge in [0.15, 0.2) is 0 Å². The molecule has 0 N–H and O–H groups in total. The molecule has 0 amide bonds. The maximum atomic E-state index is 12.1. The maximum absolute atomic E-state index is 12.1. The molecule has 0 fully saturated rings. The fourth-order valence-corrected chi connectivity index (χ4v) is 1.90. The maximum Gasteiger partial charge on any atom is 0.402 e. The molecule has 0 aliphatic heterocycles. The van der Waals surface area contributed by atoms with Crippen LogP contribution in [0.2, 0.25) is 0 Å². The molecular weight excluding hydrogens is 231 g/mol. The third kappa shape index (κ3) is 6.72. The zero-order valence-corrected chi connectivity index (χ0v) is 9.82. The van der Waals surface area contributed by atoms with Gasteiger partial charge in [-0.05, 0) is 5.92 Å². The predicted molar refractivity (Wildman–Crippen MR) is 51.9 cm³/mol. The summed E-state index contributed by atoms with van der Waals surface area (Å²) in [5, 5.41) is 0. The number of hydrogen-bond donors (Lipinski definition) is 0. The van der Waals surface area contributed by atoms with Crippen LogP contribution in [-0.2, 0) is 10.0 Å². The highest BCUT2D eigenvalue weighted by molar-refractivity contribution is 7.88. The van der Waals surface area contributed by atoms with Crippen LogP contribution >= 0.6 is 0 Å². The quantitative estimate of drug-likeness (QED) is 0.743. The molecule has 3 nitrogen and oxygen atoms in total. The van der Waals surface area contributed by atoms with Gasteiger partial charge in [0.1, 0.15) is 6.54 Å². The van der Waals surface area contributed by atoms with E-state index in [0.29, 0.717) is 10.7 Å². The Labute approximate surface area is 88.3 Å². The summed E-state index contributed by atoms with van der Waals surface area (Å²) in [6.07, 6.45) is -3.05. The average molecular weight is 247 g/mol. The van der Waals surface area contributed by atoms with Gasteiger partial charge in [0.2, 0.25) is 10.0 Å². The third-order valence-electron chi connectivity index (χ3n) is 2.04. The normalized spacial score (nSPS) is 15.7. The molecule has 1 atom stereocenters. The summed E-state index contributed by atoms with van der Waals surface area (Å²) in [4.78, 5) is 0. The summed E-state index contributed by atoms with van der Waals surface area (Å²) in [5.41, 5.74) is 0. The van der Waals surface area contributed by atoms with Crippen LogP contribution in [0.5, 0.6) is 0 Å². The molecule has 0 aromatic heterocycles. The first-order chi connectivity index (χ1) is 6.56. The minimum Gasteiger partial charge on any atom is -0.213 e. The van der Waals surface area contributed by atoms with Gasteiger partial charge in [0.05, 0.1) is 6.26 Å². The van der Waals surface area contributed by atoms with Gasteiger partial charge in [-0.1, -0.05) is 20.3 Å². The third-order valence-corrected chi connectivity index (χ3v) is 3.25. The van der Waals surface area contributed by atoms with Crippen molar-refractivity contribution in [1.82, 2.24) is 4.31 Å². The smallest absolute Gasteiger partial charge is 0.213 e. The van der Waals surface area contributed by atoms with Gasteiger partial charge < -0.3 is 0 Å². The van der Waals surface area contributed by atoms with Gasteiger partial charge >= 0.3 is 6.18 Å².